The van der Waals surface area contributed by atoms with Gasteiger partial charge in [0.1, 0.15) is 17.2 Å². The second kappa shape index (κ2) is 28.4. The van der Waals surface area contributed by atoms with Crippen molar-refractivity contribution in [1.29, 1.82) is 0 Å². The number of ketones is 1. The quantitative estimate of drug-likeness (QED) is 0.0225. The molecule has 0 atom stereocenters. The van der Waals surface area contributed by atoms with Crippen LogP contribution in [0.3, 0.4) is 0 Å². The topological polar surface area (TPSA) is 61.8 Å². The first kappa shape index (κ1) is 43.3. The molecule has 5 heteroatoms. The maximum Gasteiger partial charge on any atom is 0.336 e. The fourth-order valence-electron chi connectivity index (χ4n) is 6.20. The molecule has 3 aromatic rings. The SMILES string of the molecule is CCCCCCCCCCCCCCOc1ccc(/C=C/C(=O)c2cccc(OC(=O)/C=C/c3ccc(OCCCCCCCCCC)cc3)c2)cc1. The van der Waals surface area contributed by atoms with E-state index in [0.29, 0.717) is 11.3 Å². The van der Waals surface area contributed by atoms with E-state index >= 15 is 0 Å². The van der Waals surface area contributed by atoms with Gasteiger partial charge in [-0.05, 0) is 72.5 Å². The number of unbranched alkanes of at least 4 members (excludes halogenated alkanes) is 18. The molecule has 0 spiro atoms. The van der Waals surface area contributed by atoms with E-state index in [1.54, 1.807) is 36.4 Å². The Balaban J connectivity index is 1.30. The maximum absolute atomic E-state index is 12.9. The van der Waals surface area contributed by atoms with E-state index in [0.717, 1.165) is 48.7 Å². The summed E-state index contributed by atoms with van der Waals surface area (Å²) in [7, 11) is 0. The zero-order valence-corrected chi connectivity index (χ0v) is 32.8. The Hall–Kier alpha value is -4.12. The fraction of sp³-hybridized carbons (Fsp3) is 0.500. The highest BCUT2D eigenvalue weighted by Crippen LogP contribution is 2.19. The van der Waals surface area contributed by atoms with E-state index in [1.807, 2.05) is 48.5 Å². The van der Waals surface area contributed by atoms with Crippen LogP contribution >= 0.6 is 0 Å². The molecule has 0 bridgehead atoms. The van der Waals surface area contributed by atoms with E-state index in [2.05, 4.69) is 13.8 Å². The van der Waals surface area contributed by atoms with E-state index < -0.39 is 5.97 Å². The largest absolute Gasteiger partial charge is 0.494 e. The predicted molar refractivity (Wildman–Crippen MR) is 222 cm³/mol. The Kier molecular flexibility index (Phi) is 23.2. The van der Waals surface area contributed by atoms with Crippen molar-refractivity contribution in [3.05, 3.63) is 102 Å². The molecule has 0 aliphatic rings. The Labute approximate surface area is 321 Å². The van der Waals surface area contributed by atoms with Crippen molar-refractivity contribution in [1.82, 2.24) is 0 Å². The Morgan fingerprint density at radius 1 is 0.472 bits per heavy atom. The third-order valence-electron chi connectivity index (χ3n) is 9.47. The smallest absolute Gasteiger partial charge is 0.336 e. The van der Waals surface area contributed by atoms with Crippen molar-refractivity contribution in [2.45, 2.75) is 142 Å². The summed E-state index contributed by atoms with van der Waals surface area (Å²) in [6, 6.07) is 22.1. The molecule has 0 aromatic heterocycles. The normalized spacial score (nSPS) is 11.4. The lowest BCUT2D eigenvalue weighted by molar-refractivity contribution is -0.128. The molecule has 3 rings (SSSR count). The van der Waals surface area contributed by atoms with Crippen LogP contribution in [0, 0.1) is 0 Å². The number of carbonyl (C=O) groups is 2. The molecular formula is C48H66O5. The lowest BCUT2D eigenvalue weighted by atomic mass is 10.1. The molecule has 0 aliphatic heterocycles. The molecule has 0 saturated heterocycles. The molecule has 0 fully saturated rings. The number of rotatable bonds is 30. The van der Waals surface area contributed by atoms with Crippen molar-refractivity contribution in [3.8, 4) is 17.2 Å². The molecule has 0 aliphatic carbocycles. The highest BCUT2D eigenvalue weighted by atomic mass is 16.5. The van der Waals surface area contributed by atoms with Crippen molar-refractivity contribution in [2.75, 3.05) is 13.2 Å². The number of esters is 1. The molecule has 0 unspecified atom stereocenters. The van der Waals surface area contributed by atoms with Gasteiger partial charge in [0.25, 0.3) is 0 Å². The van der Waals surface area contributed by atoms with Gasteiger partial charge in [-0.15, -0.1) is 0 Å². The van der Waals surface area contributed by atoms with Gasteiger partial charge in [0, 0.05) is 11.6 Å². The third-order valence-corrected chi connectivity index (χ3v) is 9.47. The van der Waals surface area contributed by atoms with Gasteiger partial charge in [-0.1, -0.05) is 172 Å². The van der Waals surface area contributed by atoms with Gasteiger partial charge >= 0.3 is 5.97 Å². The van der Waals surface area contributed by atoms with Gasteiger partial charge in [-0.2, -0.15) is 0 Å². The number of hydrogen-bond acceptors (Lipinski definition) is 5. The van der Waals surface area contributed by atoms with Gasteiger partial charge in [0.15, 0.2) is 5.78 Å². The summed E-state index contributed by atoms with van der Waals surface area (Å²) in [5, 5.41) is 0. The van der Waals surface area contributed by atoms with Gasteiger partial charge in [0.2, 0.25) is 0 Å². The molecule has 0 saturated carbocycles. The molecule has 53 heavy (non-hydrogen) atoms. The van der Waals surface area contributed by atoms with Crippen LogP contribution in [0.2, 0.25) is 0 Å². The van der Waals surface area contributed by atoms with E-state index in [-0.39, 0.29) is 5.78 Å². The van der Waals surface area contributed by atoms with Crippen LogP contribution in [0.15, 0.2) is 84.9 Å². The maximum atomic E-state index is 12.9. The van der Waals surface area contributed by atoms with Crippen LogP contribution in [-0.4, -0.2) is 25.0 Å². The van der Waals surface area contributed by atoms with Crippen molar-refractivity contribution >= 4 is 23.9 Å². The van der Waals surface area contributed by atoms with Crippen LogP contribution in [0.4, 0.5) is 0 Å². The molecule has 288 valence electrons. The summed E-state index contributed by atoms with van der Waals surface area (Å²) in [6.45, 7) is 5.96. The summed E-state index contributed by atoms with van der Waals surface area (Å²) in [5.74, 6) is 1.31. The van der Waals surface area contributed by atoms with Crippen LogP contribution in [-0.2, 0) is 4.79 Å². The second-order valence-corrected chi connectivity index (χ2v) is 14.2. The van der Waals surface area contributed by atoms with E-state index in [4.69, 9.17) is 14.2 Å². The first-order chi connectivity index (χ1) is 26.1. The minimum absolute atomic E-state index is 0.171. The van der Waals surface area contributed by atoms with Gasteiger partial charge in [-0.25, -0.2) is 4.79 Å². The first-order valence-corrected chi connectivity index (χ1v) is 20.8. The van der Waals surface area contributed by atoms with E-state index in [9.17, 15) is 9.59 Å². The molecule has 3 aromatic carbocycles. The number of ether oxygens (including phenoxy) is 3. The minimum Gasteiger partial charge on any atom is -0.494 e. The summed E-state index contributed by atoms with van der Waals surface area (Å²) in [4.78, 5) is 25.4. The molecular weight excluding hydrogens is 657 g/mol. The monoisotopic (exact) mass is 722 g/mol. The van der Waals surface area contributed by atoms with Crippen LogP contribution in [0.25, 0.3) is 12.2 Å². The van der Waals surface area contributed by atoms with E-state index in [1.165, 1.54) is 128 Å². The zero-order valence-electron chi connectivity index (χ0n) is 32.8. The van der Waals surface area contributed by atoms with Crippen molar-refractivity contribution in [2.24, 2.45) is 0 Å². The summed E-state index contributed by atoms with van der Waals surface area (Å²) in [6.07, 6.45) is 32.5. The summed E-state index contributed by atoms with van der Waals surface area (Å²) in [5.41, 5.74) is 2.22. The summed E-state index contributed by atoms with van der Waals surface area (Å²) >= 11 is 0. The average molecular weight is 723 g/mol. The highest BCUT2D eigenvalue weighted by Gasteiger charge is 2.07. The third kappa shape index (κ3) is 20.6. The van der Waals surface area contributed by atoms with Crippen LogP contribution in [0.1, 0.15) is 164 Å². The van der Waals surface area contributed by atoms with Gasteiger partial charge in [0.05, 0.1) is 13.2 Å². The summed E-state index contributed by atoms with van der Waals surface area (Å²) < 4.78 is 17.3. The van der Waals surface area contributed by atoms with Crippen molar-refractivity contribution < 1.29 is 23.8 Å². The number of benzene rings is 3. The average Bonchev–Trinajstić information content (AvgIpc) is 3.18. The zero-order chi connectivity index (χ0) is 37.6. The van der Waals surface area contributed by atoms with Crippen LogP contribution in [0.5, 0.6) is 17.2 Å². The number of allylic oxidation sites excluding steroid dienone is 1. The second-order valence-electron chi connectivity index (χ2n) is 14.2. The fourth-order valence-corrected chi connectivity index (χ4v) is 6.20. The Morgan fingerprint density at radius 3 is 1.34 bits per heavy atom. The lowest BCUT2D eigenvalue weighted by Crippen LogP contribution is -2.04. The molecule has 0 radical (unpaired) electrons. The first-order valence-electron chi connectivity index (χ1n) is 20.8. The lowest BCUT2D eigenvalue weighted by Gasteiger charge is -2.07. The predicted octanol–water partition coefficient (Wildman–Crippen LogP) is 13.8. The Morgan fingerprint density at radius 2 is 0.887 bits per heavy atom. The Bertz CT molecular complexity index is 1450. The standard InChI is InChI=1S/C48H66O5/c1-3-5-7-9-11-13-14-15-16-18-20-22-39-51-44-32-26-41(27-33-44)30-36-47(49)43-24-23-25-46(40-43)53-48(50)37-31-42-28-34-45(35-29-42)52-38-21-19-17-12-10-8-6-4-2/h23-37,40H,3-22,38-39H2,1-2H3/b36-30+,37-31+. The van der Waals surface area contributed by atoms with Gasteiger partial charge < -0.3 is 14.2 Å². The highest BCUT2D eigenvalue weighted by molar-refractivity contribution is 6.07. The molecule has 0 amide bonds. The van der Waals surface area contributed by atoms with Crippen LogP contribution < -0.4 is 14.2 Å². The minimum atomic E-state index is -0.513. The number of carbonyl (C=O) groups excluding carboxylic acids is 2. The van der Waals surface area contributed by atoms with Crippen molar-refractivity contribution in [3.63, 3.8) is 0 Å². The molecule has 5 nitrogen and oxygen atoms in total. The molecule has 0 N–H and O–H groups in total. The number of hydrogen-bond donors (Lipinski definition) is 0. The van der Waals surface area contributed by atoms with Gasteiger partial charge in [-0.3, -0.25) is 4.79 Å². The molecule has 0 heterocycles.